The van der Waals surface area contributed by atoms with Crippen LogP contribution in [0, 0.1) is 0 Å². The summed E-state index contributed by atoms with van der Waals surface area (Å²) in [7, 11) is -2.14. The molecule has 0 amide bonds. The van der Waals surface area contributed by atoms with E-state index in [1.165, 1.54) is 44.9 Å². The molecular weight excluding hydrogens is 400 g/mol. The Morgan fingerprint density at radius 1 is 0.645 bits per heavy atom. The first-order valence-electron chi connectivity index (χ1n) is 12.3. The molecule has 0 radical (unpaired) electrons. The van der Waals surface area contributed by atoms with E-state index in [1.807, 2.05) is 42.5 Å². The van der Waals surface area contributed by atoms with E-state index in [9.17, 15) is 0 Å². The lowest BCUT2D eigenvalue weighted by Crippen LogP contribution is -2.40. The summed E-state index contributed by atoms with van der Waals surface area (Å²) in [4.78, 5) is 0. The maximum Gasteiger partial charge on any atom is 0.337 e. The predicted octanol–water partition coefficient (Wildman–Crippen LogP) is 8.63. The van der Waals surface area contributed by atoms with Gasteiger partial charge in [-0.3, -0.25) is 0 Å². The van der Waals surface area contributed by atoms with Crippen LogP contribution >= 0.6 is 0 Å². The van der Waals surface area contributed by atoms with Crippen molar-refractivity contribution in [2.24, 2.45) is 0 Å². The monoisotopic (exact) mass is 442 g/mol. The zero-order chi connectivity index (χ0) is 22.2. The normalized spacial score (nSPS) is 11.6. The van der Waals surface area contributed by atoms with Gasteiger partial charge in [-0.15, -0.1) is 0 Å². The summed E-state index contributed by atoms with van der Waals surface area (Å²) in [5.41, 5.74) is 1.13. The molecule has 0 aliphatic carbocycles. The fraction of sp³-hybridized carbons (Fsp3) is 0.556. The van der Waals surface area contributed by atoms with Gasteiger partial charge in [0.15, 0.2) is 0 Å². The van der Waals surface area contributed by atoms with Gasteiger partial charge in [-0.1, -0.05) is 96.0 Å². The summed E-state index contributed by atoms with van der Waals surface area (Å²) in [5.74, 6) is 1.69. The molecule has 4 heteroatoms. The van der Waals surface area contributed by atoms with Crippen molar-refractivity contribution in [2.45, 2.75) is 90.8 Å². The standard InChI is InChI=1S/C27H42O3Si/c1-4-7-8-9-10-11-12-16-22-28-31(5-2,6-3)29-24-25-18-17-21-27(23-25)30-26-19-14-13-15-20-26/h13-15,17-21,23H,4-12,16,22,24H2,1-3H3. The van der Waals surface area contributed by atoms with Crippen LogP contribution in [0.2, 0.25) is 12.1 Å². The lowest BCUT2D eigenvalue weighted by atomic mass is 10.1. The van der Waals surface area contributed by atoms with Crippen LogP contribution in [0.1, 0.15) is 77.7 Å². The van der Waals surface area contributed by atoms with Gasteiger partial charge in [-0.25, -0.2) is 0 Å². The largest absolute Gasteiger partial charge is 0.457 e. The van der Waals surface area contributed by atoms with Crippen LogP contribution < -0.4 is 4.74 Å². The lowest BCUT2D eigenvalue weighted by Gasteiger charge is -2.29. The Kier molecular flexibility index (Phi) is 12.6. The van der Waals surface area contributed by atoms with Crippen LogP contribution in [0.25, 0.3) is 0 Å². The molecule has 2 aromatic carbocycles. The molecule has 0 fully saturated rings. The molecule has 0 aliphatic heterocycles. The quantitative estimate of drug-likeness (QED) is 0.181. The van der Waals surface area contributed by atoms with Gasteiger partial charge in [0.1, 0.15) is 11.5 Å². The van der Waals surface area contributed by atoms with Crippen LogP contribution in [-0.4, -0.2) is 15.2 Å². The predicted molar refractivity (Wildman–Crippen MR) is 133 cm³/mol. The Hall–Kier alpha value is -1.62. The van der Waals surface area contributed by atoms with Gasteiger partial charge in [0.05, 0.1) is 6.61 Å². The molecule has 0 heterocycles. The highest BCUT2D eigenvalue weighted by atomic mass is 28.4. The molecule has 0 aliphatic rings. The van der Waals surface area contributed by atoms with E-state index in [0.717, 1.165) is 42.2 Å². The van der Waals surface area contributed by atoms with Crippen molar-refractivity contribution in [1.29, 1.82) is 0 Å². The topological polar surface area (TPSA) is 27.7 Å². The van der Waals surface area contributed by atoms with Gasteiger partial charge in [0.25, 0.3) is 0 Å². The van der Waals surface area contributed by atoms with E-state index in [1.54, 1.807) is 0 Å². The van der Waals surface area contributed by atoms with E-state index >= 15 is 0 Å². The molecule has 0 N–H and O–H groups in total. The van der Waals surface area contributed by atoms with E-state index in [4.69, 9.17) is 13.6 Å². The highest BCUT2D eigenvalue weighted by Crippen LogP contribution is 2.25. The van der Waals surface area contributed by atoms with E-state index in [2.05, 4.69) is 32.9 Å². The summed E-state index contributed by atoms with van der Waals surface area (Å²) in [6.07, 6.45) is 10.6. The molecule has 0 saturated carbocycles. The number of rotatable bonds is 17. The molecule has 0 unspecified atom stereocenters. The summed E-state index contributed by atoms with van der Waals surface area (Å²) in [6.45, 7) is 8.10. The smallest absolute Gasteiger partial charge is 0.337 e. The molecule has 2 rings (SSSR count). The maximum absolute atomic E-state index is 6.45. The van der Waals surface area contributed by atoms with E-state index in [-0.39, 0.29) is 0 Å². The summed E-state index contributed by atoms with van der Waals surface area (Å²) >= 11 is 0. The van der Waals surface area contributed by atoms with Gasteiger partial charge in [0.2, 0.25) is 0 Å². The number of unbranched alkanes of at least 4 members (excludes halogenated alkanes) is 7. The molecule has 2 aromatic rings. The number of hydrogen-bond acceptors (Lipinski definition) is 3. The summed E-state index contributed by atoms with van der Waals surface area (Å²) in [6, 6.07) is 20.0. The van der Waals surface area contributed by atoms with E-state index in [0.29, 0.717) is 6.61 Å². The zero-order valence-electron chi connectivity index (χ0n) is 19.9. The van der Waals surface area contributed by atoms with Crippen molar-refractivity contribution >= 4 is 8.56 Å². The summed E-state index contributed by atoms with van der Waals surface area (Å²) < 4.78 is 18.8. The van der Waals surface area contributed by atoms with Crippen LogP contribution in [0.5, 0.6) is 11.5 Å². The average molecular weight is 443 g/mol. The molecule has 0 saturated heterocycles. The Balaban J connectivity index is 1.76. The second-order valence-corrected chi connectivity index (χ2v) is 12.1. The molecule has 0 atom stereocenters. The van der Waals surface area contributed by atoms with Gasteiger partial charge >= 0.3 is 8.56 Å². The molecule has 0 aromatic heterocycles. The Labute approximate surface area is 191 Å². The minimum atomic E-state index is -2.14. The lowest BCUT2D eigenvalue weighted by molar-refractivity contribution is 0.158. The fourth-order valence-corrected chi connectivity index (χ4v) is 6.08. The third kappa shape index (κ3) is 10.0. The zero-order valence-corrected chi connectivity index (χ0v) is 20.9. The highest BCUT2D eigenvalue weighted by Gasteiger charge is 2.33. The first kappa shape index (κ1) is 25.6. The first-order valence-corrected chi connectivity index (χ1v) is 14.5. The van der Waals surface area contributed by atoms with Crippen LogP contribution in [0.15, 0.2) is 54.6 Å². The van der Waals surface area contributed by atoms with Gasteiger partial charge in [0, 0.05) is 6.61 Å². The minimum Gasteiger partial charge on any atom is -0.457 e. The fourth-order valence-electron chi connectivity index (χ4n) is 3.73. The summed E-state index contributed by atoms with van der Waals surface area (Å²) in [5, 5.41) is 0. The van der Waals surface area contributed by atoms with Crippen molar-refractivity contribution in [2.75, 3.05) is 6.61 Å². The Bertz CT molecular complexity index is 701. The molecule has 31 heavy (non-hydrogen) atoms. The molecule has 0 bridgehead atoms. The SMILES string of the molecule is CCCCCCCCCCO[Si](CC)(CC)OCc1cccc(Oc2ccccc2)c1. The van der Waals surface area contributed by atoms with Crippen molar-refractivity contribution in [1.82, 2.24) is 0 Å². The van der Waals surface area contributed by atoms with E-state index < -0.39 is 8.56 Å². The maximum atomic E-state index is 6.45. The number of para-hydroxylation sites is 1. The highest BCUT2D eigenvalue weighted by molar-refractivity contribution is 6.67. The van der Waals surface area contributed by atoms with Crippen molar-refractivity contribution in [3.8, 4) is 11.5 Å². The molecule has 172 valence electrons. The van der Waals surface area contributed by atoms with Gasteiger partial charge in [-0.05, 0) is 48.3 Å². The second kappa shape index (κ2) is 15.2. The number of hydrogen-bond donors (Lipinski definition) is 0. The molecular formula is C27H42O3Si. The third-order valence-electron chi connectivity index (χ3n) is 5.82. The van der Waals surface area contributed by atoms with Gasteiger partial charge in [-0.2, -0.15) is 0 Å². The molecule has 0 spiro atoms. The minimum absolute atomic E-state index is 0.581. The van der Waals surface area contributed by atoms with Crippen molar-refractivity contribution in [3.05, 3.63) is 60.2 Å². The second-order valence-electron chi connectivity index (χ2n) is 8.29. The van der Waals surface area contributed by atoms with Crippen LogP contribution in [0.4, 0.5) is 0 Å². The van der Waals surface area contributed by atoms with Crippen molar-refractivity contribution in [3.63, 3.8) is 0 Å². The van der Waals surface area contributed by atoms with Crippen molar-refractivity contribution < 1.29 is 13.6 Å². The Morgan fingerprint density at radius 3 is 1.97 bits per heavy atom. The first-order chi connectivity index (χ1) is 15.2. The van der Waals surface area contributed by atoms with Crippen LogP contribution in [-0.2, 0) is 15.5 Å². The average Bonchev–Trinajstić information content (AvgIpc) is 2.81. The number of benzene rings is 2. The molecule has 3 nitrogen and oxygen atoms in total. The van der Waals surface area contributed by atoms with Gasteiger partial charge < -0.3 is 13.6 Å². The van der Waals surface area contributed by atoms with Crippen LogP contribution in [0.3, 0.4) is 0 Å². The number of ether oxygens (including phenoxy) is 1. The third-order valence-corrected chi connectivity index (χ3v) is 9.37. The Morgan fingerprint density at radius 2 is 1.29 bits per heavy atom.